The number of nitrogens with zero attached hydrogens (tertiary/aromatic N) is 2. The minimum atomic E-state index is -0.589. The number of rotatable bonds is 6. The highest BCUT2D eigenvalue weighted by atomic mass is 19.1. The van der Waals surface area contributed by atoms with Crippen LogP contribution in [0.25, 0.3) is 11.4 Å². The third-order valence-corrected chi connectivity index (χ3v) is 4.54. The highest BCUT2D eigenvalue weighted by molar-refractivity contribution is 5.96. The Balaban J connectivity index is 1.38. The number of aromatic nitrogens is 2. The van der Waals surface area contributed by atoms with Crippen LogP contribution in [0.15, 0.2) is 47.0 Å². The molecule has 0 aliphatic heterocycles. The van der Waals surface area contributed by atoms with Crippen LogP contribution in [-0.4, -0.2) is 22.0 Å². The van der Waals surface area contributed by atoms with Crippen molar-refractivity contribution in [1.82, 2.24) is 10.1 Å². The molecule has 1 aliphatic carbocycles. The van der Waals surface area contributed by atoms with Crippen LogP contribution in [0.1, 0.15) is 34.7 Å². The number of carbonyl (C=O) groups excluding carboxylic acids is 2. The summed E-state index contributed by atoms with van der Waals surface area (Å²) in [6.07, 6.45) is 1.80. The Kier molecular flexibility index (Phi) is 5.07. The minimum Gasteiger partial charge on any atom is -0.452 e. The summed E-state index contributed by atoms with van der Waals surface area (Å²) in [5.74, 6) is -0.629. The molecule has 1 aliphatic rings. The maximum atomic E-state index is 13.7. The number of halogens is 1. The van der Waals surface area contributed by atoms with Gasteiger partial charge in [-0.15, -0.1) is 0 Å². The Morgan fingerprint density at radius 3 is 2.83 bits per heavy atom. The number of benzene rings is 2. The number of aryl methyl sites for hydroxylation is 1. The molecule has 2 aromatic carbocycles. The second-order valence-electron chi connectivity index (χ2n) is 6.90. The van der Waals surface area contributed by atoms with E-state index < -0.39 is 5.97 Å². The lowest BCUT2D eigenvalue weighted by Gasteiger charge is -2.06. The molecule has 0 saturated heterocycles. The van der Waals surface area contributed by atoms with Gasteiger partial charge in [-0.05, 0) is 49.6 Å². The molecular weight excluding hydrogens is 377 g/mol. The monoisotopic (exact) mass is 395 g/mol. The molecule has 4 rings (SSSR count). The van der Waals surface area contributed by atoms with E-state index in [4.69, 9.17) is 9.26 Å². The molecule has 0 unspecified atom stereocenters. The fourth-order valence-corrected chi connectivity index (χ4v) is 2.69. The smallest absolute Gasteiger partial charge is 0.338 e. The van der Waals surface area contributed by atoms with Gasteiger partial charge in [0.05, 0.1) is 5.56 Å². The van der Waals surface area contributed by atoms with Gasteiger partial charge in [0.1, 0.15) is 5.82 Å². The van der Waals surface area contributed by atoms with Crippen molar-refractivity contribution in [2.75, 3.05) is 5.32 Å². The molecule has 8 heteroatoms. The van der Waals surface area contributed by atoms with Gasteiger partial charge in [-0.3, -0.25) is 4.79 Å². The van der Waals surface area contributed by atoms with Gasteiger partial charge in [-0.25, -0.2) is 9.18 Å². The quantitative estimate of drug-likeness (QED) is 0.637. The van der Waals surface area contributed by atoms with Crippen LogP contribution in [0.5, 0.6) is 0 Å². The molecule has 0 bridgehead atoms. The second kappa shape index (κ2) is 7.83. The molecule has 0 radical (unpaired) electrons. The fraction of sp³-hybridized carbons (Fsp3) is 0.238. The average Bonchev–Trinajstić information content (AvgIpc) is 3.47. The van der Waals surface area contributed by atoms with E-state index in [0.29, 0.717) is 22.4 Å². The summed E-state index contributed by atoms with van der Waals surface area (Å²) in [6.45, 7) is 1.44. The standard InChI is InChI=1S/C21H18FN3O4/c1-12-5-6-14(10-17(12)22)19-24-18(29-25-19)11-28-21(27)15-3-2-4-16(9-15)23-20(26)13-7-8-13/h2-6,9-10,13H,7-8,11H2,1H3,(H,23,26). The third-order valence-electron chi connectivity index (χ3n) is 4.54. The number of hydrogen-bond donors (Lipinski definition) is 1. The SMILES string of the molecule is Cc1ccc(-c2noc(COC(=O)c3cccc(NC(=O)C4CC4)c3)n2)cc1F. The number of anilines is 1. The predicted molar refractivity (Wildman–Crippen MR) is 101 cm³/mol. The molecule has 1 aromatic heterocycles. The van der Waals surface area contributed by atoms with Crippen molar-refractivity contribution in [3.05, 3.63) is 65.3 Å². The maximum Gasteiger partial charge on any atom is 0.338 e. The first-order chi connectivity index (χ1) is 14.0. The van der Waals surface area contributed by atoms with E-state index in [1.807, 2.05) is 0 Å². The first-order valence-corrected chi connectivity index (χ1v) is 9.17. The highest BCUT2D eigenvalue weighted by Gasteiger charge is 2.29. The number of carbonyl (C=O) groups is 2. The topological polar surface area (TPSA) is 94.3 Å². The van der Waals surface area contributed by atoms with Gasteiger partial charge in [0.2, 0.25) is 11.7 Å². The number of ether oxygens (including phenoxy) is 1. The third kappa shape index (κ3) is 4.48. The zero-order chi connectivity index (χ0) is 20.4. The first kappa shape index (κ1) is 18.8. The lowest BCUT2D eigenvalue weighted by molar-refractivity contribution is -0.117. The van der Waals surface area contributed by atoms with Crippen molar-refractivity contribution in [3.63, 3.8) is 0 Å². The van der Waals surface area contributed by atoms with E-state index in [1.54, 1.807) is 43.3 Å². The summed E-state index contributed by atoms with van der Waals surface area (Å²) in [4.78, 5) is 28.3. The van der Waals surface area contributed by atoms with Crippen molar-refractivity contribution >= 4 is 17.6 Å². The van der Waals surface area contributed by atoms with E-state index in [0.717, 1.165) is 12.8 Å². The Hall–Kier alpha value is -3.55. The lowest BCUT2D eigenvalue weighted by Crippen LogP contribution is -2.14. The van der Waals surface area contributed by atoms with Gasteiger partial charge in [-0.1, -0.05) is 23.4 Å². The average molecular weight is 395 g/mol. The molecule has 0 atom stereocenters. The van der Waals surface area contributed by atoms with Crippen LogP contribution < -0.4 is 5.32 Å². The Bertz CT molecular complexity index is 1080. The van der Waals surface area contributed by atoms with E-state index >= 15 is 0 Å². The Morgan fingerprint density at radius 1 is 1.24 bits per heavy atom. The molecule has 1 saturated carbocycles. The van der Waals surface area contributed by atoms with E-state index in [1.165, 1.54) is 6.07 Å². The zero-order valence-corrected chi connectivity index (χ0v) is 15.6. The lowest BCUT2D eigenvalue weighted by atomic mass is 10.1. The fourth-order valence-electron chi connectivity index (χ4n) is 2.69. The molecule has 0 spiro atoms. The van der Waals surface area contributed by atoms with E-state index in [2.05, 4.69) is 15.5 Å². The number of amides is 1. The Labute approximate surface area is 165 Å². The van der Waals surface area contributed by atoms with Gasteiger partial charge in [0.15, 0.2) is 6.61 Å². The van der Waals surface area contributed by atoms with Crippen LogP contribution in [0.4, 0.5) is 10.1 Å². The van der Waals surface area contributed by atoms with Crippen molar-refractivity contribution in [2.24, 2.45) is 5.92 Å². The van der Waals surface area contributed by atoms with Crippen LogP contribution >= 0.6 is 0 Å². The summed E-state index contributed by atoms with van der Waals surface area (Å²) >= 11 is 0. The van der Waals surface area contributed by atoms with Crippen LogP contribution in [0.3, 0.4) is 0 Å². The van der Waals surface area contributed by atoms with Crippen LogP contribution in [-0.2, 0) is 16.1 Å². The largest absolute Gasteiger partial charge is 0.452 e. The van der Waals surface area contributed by atoms with Crippen LogP contribution in [0, 0.1) is 18.7 Å². The van der Waals surface area contributed by atoms with Gasteiger partial charge < -0.3 is 14.6 Å². The van der Waals surface area contributed by atoms with Gasteiger partial charge in [0, 0.05) is 17.2 Å². The van der Waals surface area contributed by atoms with Crippen LogP contribution in [0.2, 0.25) is 0 Å². The van der Waals surface area contributed by atoms with Crippen molar-refractivity contribution in [3.8, 4) is 11.4 Å². The summed E-state index contributed by atoms with van der Waals surface area (Å²) < 4.78 is 24.0. The molecule has 29 heavy (non-hydrogen) atoms. The number of hydrogen-bond acceptors (Lipinski definition) is 6. The van der Waals surface area contributed by atoms with Crippen molar-refractivity contribution < 1.29 is 23.2 Å². The zero-order valence-electron chi connectivity index (χ0n) is 15.6. The minimum absolute atomic E-state index is 0.0403. The molecular formula is C21H18FN3O4. The molecule has 1 fully saturated rings. The van der Waals surface area contributed by atoms with Gasteiger partial charge >= 0.3 is 5.97 Å². The normalized spacial score (nSPS) is 13.2. The summed E-state index contributed by atoms with van der Waals surface area (Å²) in [6, 6.07) is 11.1. The van der Waals surface area contributed by atoms with Gasteiger partial charge in [-0.2, -0.15) is 4.98 Å². The molecule has 1 amide bonds. The number of nitrogens with one attached hydrogen (secondary N) is 1. The highest BCUT2D eigenvalue weighted by Crippen LogP contribution is 2.30. The van der Waals surface area contributed by atoms with E-state index in [-0.39, 0.29) is 36.0 Å². The van der Waals surface area contributed by atoms with Crippen molar-refractivity contribution in [2.45, 2.75) is 26.4 Å². The molecule has 148 valence electrons. The second-order valence-corrected chi connectivity index (χ2v) is 6.90. The number of esters is 1. The molecule has 3 aromatic rings. The molecule has 7 nitrogen and oxygen atoms in total. The summed E-state index contributed by atoms with van der Waals surface area (Å²) in [5.41, 5.74) is 1.81. The predicted octanol–water partition coefficient (Wildman–Crippen LogP) is 3.89. The van der Waals surface area contributed by atoms with E-state index in [9.17, 15) is 14.0 Å². The summed E-state index contributed by atoms with van der Waals surface area (Å²) in [7, 11) is 0. The molecule has 1 N–H and O–H groups in total. The first-order valence-electron chi connectivity index (χ1n) is 9.17. The summed E-state index contributed by atoms with van der Waals surface area (Å²) in [5, 5.41) is 6.57. The van der Waals surface area contributed by atoms with Crippen molar-refractivity contribution in [1.29, 1.82) is 0 Å². The maximum absolute atomic E-state index is 13.7. The Morgan fingerprint density at radius 2 is 2.07 bits per heavy atom. The molecule has 1 heterocycles. The van der Waals surface area contributed by atoms with Gasteiger partial charge in [0.25, 0.3) is 5.89 Å².